The van der Waals surface area contributed by atoms with Crippen LogP contribution in [0.5, 0.6) is 11.5 Å². The molecule has 0 radical (unpaired) electrons. The number of aldehydes is 1. The van der Waals surface area contributed by atoms with Crippen LogP contribution in [0.15, 0.2) is 30.5 Å². The van der Waals surface area contributed by atoms with Crippen LogP contribution in [0.25, 0.3) is 16.6 Å². The van der Waals surface area contributed by atoms with E-state index in [-0.39, 0.29) is 0 Å². The Labute approximate surface area is 174 Å². The summed E-state index contributed by atoms with van der Waals surface area (Å²) in [5.41, 5.74) is 8.86. The Morgan fingerprint density at radius 1 is 1.17 bits per heavy atom. The SMILES string of the molecule is COc1cc(C#Cc2c[nH]c3nc(C(=CC=O)CN(C)C)nc(N)c23)cc(OC)c1. The molecule has 0 aliphatic rings. The number of nitrogens with two attached hydrogens (primary N) is 1. The first-order valence-corrected chi connectivity index (χ1v) is 9.14. The van der Waals surface area contributed by atoms with Gasteiger partial charge in [0.1, 0.15) is 29.3 Å². The van der Waals surface area contributed by atoms with Gasteiger partial charge in [-0.2, -0.15) is 0 Å². The molecule has 0 amide bonds. The second-order valence-corrected chi connectivity index (χ2v) is 6.78. The number of anilines is 1. The van der Waals surface area contributed by atoms with Crippen molar-refractivity contribution in [3.63, 3.8) is 0 Å². The summed E-state index contributed by atoms with van der Waals surface area (Å²) in [7, 11) is 6.97. The third-order valence-electron chi connectivity index (χ3n) is 4.30. The number of methoxy groups -OCH3 is 2. The molecule has 0 saturated carbocycles. The van der Waals surface area contributed by atoms with Gasteiger partial charge in [-0.25, -0.2) is 9.97 Å². The molecule has 0 bridgehead atoms. The van der Waals surface area contributed by atoms with Gasteiger partial charge >= 0.3 is 0 Å². The van der Waals surface area contributed by atoms with Gasteiger partial charge in [0, 0.05) is 29.9 Å². The Kier molecular flexibility index (Phi) is 6.35. The zero-order valence-corrected chi connectivity index (χ0v) is 17.3. The van der Waals surface area contributed by atoms with Gasteiger partial charge < -0.3 is 25.1 Å². The maximum Gasteiger partial charge on any atom is 0.161 e. The van der Waals surface area contributed by atoms with Gasteiger partial charge in [-0.15, -0.1) is 0 Å². The number of aromatic nitrogens is 3. The van der Waals surface area contributed by atoms with Gasteiger partial charge in [-0.1, -0.05) is 11.8 Å². The van der Waals surface area contributed by atoms with Gasteiger partial charge in [0.15, 0.2) is 5.82 Å². The van der Waals surface area contributed by atoms with Gasteiger partial charge in [0.25, 0.3) is 0 Å². The highest BCUT2D eigenvalue weighted by Gasteiger charge is 2.14. The summed E-state index contributed by atoms with van der Waals surface area (Å²) in [5, 5.41) is 0.636. The van der Waals surface area contributed by atoms with Crippen molar-refractivity contribution in [2.24, 2.45) is 0 Å². The first-order valence-electron chi connectivity index (χ1n) is 9.14. The van der Waals surface area contributed by atoms with Crippen LogP contribution in [0.3, 0.4) is 0 Å². The van der Waals surface area contributed by atoms with Crippen LogP contribution in [0, 0.1) is 11.8 Å². The Balaban J connectivity index is 2.02. The van der Waals surface area contributed by atoms with E-state index in [1.165, 1.54) is 6.08 Å². The van der Waals surface area contributed by atoms with Crippen molar-refractivity contribution in [3.8, 4) is 23.3 Å². The third-order valence-corrected chi connectivity index (χ3v) is 4.30. The fourth-order valence-corrected chi connectivity index (χ4v) is 2.94. The molecule has 3 aromatic rings. The smallest absolute Gasteiger partial charge is 0.161 e. The van der Waals surface area contributed by atoms with E-state index in [0.29, 0.717) is 51.9 Å². The van der Waals surface area contributed by atoms with Crippen molar-refractivity contribution in [1.29, 1.82) is 0 Å². The molecule has 1 aromatic carbocycles. The summed E-state index contributed by atoms with van der Waals surface area (Å²) in [4.78, 5) is 25.0. The number of carbonyl (C=O) groups excluding carboxylic acids is 1. The third kappa shape index (κ3) is 4.59. The zero-order valence-electron chi connectivity index (χ0n) is 17.3. The number of nitrogen functional groups attached to an aromatic ring is 1. The average Bonchev–Trinajstić information content (AvgIpc) is 3.15. The van der Waals surface area contributed by atoms with Gasteiger partial charge in [0.05, 0.1) is 25.2 Å². The number of aromatic amines is 1. The molecule has 3 N–H and O–H groups in total. The number of hydrogen-bond donors (Lipinski definition) is 2. The Hall–Kier alpha value is -3.83. The maximum absolute atomic E-state index is 11.0. The minimum Gasteiger partial charge on any atom is -0.497 e. The number of likely N-dealkylation sites (N-methyl/N-ethyl adjacent to an activating group) is 1. The van der Waals surface area contributed by atoms with Crippen LogP contribution in [0.4, 0.5) is 5.82 Å². The number of nitrogens with zero attached hydrogens (tertiary/aromatic N) is 3. The number of ether oxygens (including phenoxy) is 2. The lowest BCUT2D eigenvalue weighted by Crippen LogP contribution is -2.16. The zero-order chi connectivity index (χ0) is 21.7. The summed E-state index contributed by atoms with van der Waals surface area (Å²) in [5.74, 6) is 8.20. The van der Waals surface area contributed by atoms with Crippen LogP contribution in [-0.4, -0.2) is 61.0 Å². The Morgan fingerprint density at radius 3 is 2.47 bits per heavy atom. The Bertz CT molecular complexity index is 1150. The normalized spacial score (nSPS) is 11.3. The number of carbonyl (C=O) groups is 1. The molecule has 8 nitrogen and oxygen atoms in total. The van der Waals surface area contributed by atoms with Crippen molar-refractivity contribution in [2.75, 3.05) is 40.6 Å². The molecule has 30 heavy (non-hydrogen) atoms. The summed E-state index contributed by atoms with van der Waals surface area (Å²) in [6.45, 7) is 0.509. The molecule has 0 aliphatic carbocycles. The number of fused-ring (bicyclic) bond motifs is 1. The molecular formula is C22H23N5O3. The minimum atomic E-state index is 0.291. The minimum absolute atomic E-state index is 0.291. The standard InChI is InChI=1S/C22H23N5O3/c1-27(2)13-16(7-8-28)21-25-20(23)19-15(12-24-22(19)26-21)6-5-14-9-17(29-3)11-18(10-14)30-4/h7-12H,13H2,1-4H3,(H3,23,24,25,26). The molecule has 0 saturated heterocycles. The van der Waals surface area contributed by atoms with E-state index < -0.39 is 0 Å². The van der Waals surface area contributed by atoms with E-state index in [9.17, 15) is 4.79 Å². The predicted octanol–water partition coefficient (Wildman–Crippen LogP) is 2.10. The highest BCUT2D eigenvalue weighted by molar-refractivity contribution is 5.93. The van der Waals surface area contributed by atoms with E-state index in [1.807, 2.05) is 31.1 Å². The van der Waals surface area contributed by atoms with Crippen molar-refractivity contribution in [1.82, 2.24) is 19.9 Å². The van der Waals surface area contributed by atoms with Gasteiger partial charge in [-0.3, -0.25) is 4.79 Å². The van der Waals surface area contributed by atoms with E-state index in [4.69, 9.17) is 15.2 Å². The van der Waals surface area contributed by atoms with Crippen molar-refractivity contribution in [3.05, 3.63) is 47.4 Å². The lowest BCUT2D eigenvalue weighted by molar-refractivity contribution is -0.104. The molecule has 2 aromatic heterocycles. The average molecular weight is 405 g/mol. The van der Waals surface area contributed by atoms with Crippen LogP contribution in [0.2, 0.25) is 0 Å². The molecule has 0 aliphatic heterocycles. The molecule has 8 heteroatoms. The summed E-state index contributed by atoms with van der Waals surface area (Å²) in [6, 6.07) is 5.42. The number of hydrogen-bond acceptors (Lipinski definition) is 7. The van der Waals surface area contributed by atoms with Crippen LogP contribution in [0.1, 0.15) is 17.0 Å². The molecule has 0 fully saturated rings. The van der Waals surface area contributed by atoms with E-state index in [1.54, 1.807) is 26.5 Å². The van der Waals surface area contributed by atoms with E-state index in [2.05, 4.69) is 26.8 Å². The van der Waals surface area contributed by atoms with Crippen molar-refractivity contribution >= 4 is 28.7 Å². The summed E-state index contributed by atoms with van der Waals surface area (Å²) >= 11 is 0. The van der Waals surface area contributed by atoms with E-state index in [0.717, 1.165) is 11.8 Å². The first kappa shape index (κ1) is 20.9. The van der Waals surface area contributed by atoms with Crippen molar-refractivity contribution in [2.45, 2.75) is 0 Å². The lowest BCUT2D eigenvalue weighted by Gasteiger charge is -2.12. The van der Waals surface area contributed by atoms with Crippen LogP contribution < -0.4 is 15.2 Å². The molecule has 2 heterocycles. The highest BCUT2D eigenvalue weighted by Crippen LogP contribution is 2.25. The summed E-state index contributed by atoms with van der Waals surface area (Å²) < 4.78 is 10.6. The van der Waals surface area contributed by atoms with Gasteiger partial charge in [0.2, 0.25) is 0 Å². The first-order chi connectivity index (χ1) is 14.4. The lowest BCUT2D eigenvalue weighted by atomic mass is 10.1. The number of H-pyrrole nitrogens is 1. The van der Waals surface area contributed by atoms with Crippen LogP contribution in [-0.2, 0) is 4.79 Å². The number of rotatable bonds is 6. The molecule has 3 rings (SSSR count). The fourth-order valence-electron chi connectivity index (χ4n) is 2.94. The Morgan fingerprint density at radius 2 is 1.87 bits per heavy atom. The van der Waals surface area contributed by atoms with E-state index >= 15 is 0 Å². The second-order valence-electron chi connectivity index (χ2n) is 6.78. The van der Waals surface area contributed by atoms with Crippen LogP contribution >= 0.6 is 0 Å². The fraction of sp³-hybridized carbons (Fsp3) is 0.227. The number of benzene rings is 1. The molecule has 0 spiro atoms. The number of nitrogens with one attached hydrogen (secondary N) is 1. The topological polar surface area (TPSA) is 106 Å². The summed E-state index contributed by atoms with van der Waals surface area (Å²) in [6.07, 6.45) is 3.90. The predicted molar refractivity (Wildman–Crippen MR) is 116 cm³/mol. The largest absolute Gasteiger partial charge is 0.497 e. The van der Waals surface area contributed by atoms with Crippen molar-refractivity contribution < 1.29 is 14.3 Å². The molecule has 0 unspecified atom stereocenters. The second kappa shape index (κ2) is 9.11. The quantitative estimate of drug-likeness (QED) is 0.367. The molecule has 154 valence electrons. The highest BCUT2D eigenvalue weighted by atomic mass is 16.5. The monoisotopic (exact) mass is 405 g/mol. The molecular weight excluding hydrogens is 382 g/mol. The maximum atomic E-state index is 11.0. The number of allylic oxidation sites excluding steroid dienone is 1. The molecule has 0 atom stereocenters. The van der Waals surface area contributed by atoms with Gasteiger partial charge in [-0.05, 0) is 32.3 Å².